The van der Waals surface area contributed by atoms with Gasteiger partial charge in [-0.25, -0.2) is 4.79 Å². The molecule has 1 heterocycles. The van der Waals surface area contributed by atoms with Crippen LogP contribution in [0.1, 0.15) is 42.5 Å². The molecule has 122 valence electrons. The van der Waals surface area contributed by atoms with Crippen LogP contribution in [-0.2, 0) is 4.74 Å². The third-order valence-corrected chi connectivity index (χ3v) is 5.04. The summed E-state index contributed by atoms with van der Waals surface area (Å²) in [6, 6.07) is 9.19. The number of benzene rings is 1. The van der Waals surface area contributed by atoms with Crippen LogP contribution in [0.5, 0.6) is 0 Å². The van der Waals surface area contributed by atoms with Crippen molar-refractivity contribution in [2.24, 2.45) is 0 Å². The zero-order chi connectivity index (χ0) is 15.5. The maximum atomic E-state index is 11.7. The number of esters is 1. The standard InChI is InChI=1S/C18H27NO2S/c20-18(17-9-3-1-4-10-17)21-14-8-16-22-15-7-13-19-11-5-2-6-12-19/h1,3-4,9-10H,2,5-8,11-16H2. The third kappa shape index (κ3) is 6.84. The summed E-state index contributed by atoms with van der Waals surface area (Å²) in [5.41, 5.74) is 0.636. The largest absolute Gasteiger partial charge is 0.462 e. The first-order valence-corrected chi connectivity index (χ1v) is 9.54. The molecular formula is C18H27NO2S. The molecule has 1 aliphatic rings. The highest BCUT2D eigenvalue weighted by Crippen LogP contribution is 2.11. The molecule has 1 aliphatic heterocycles. The summed E-state index contributed by atoms with van der Waals surface area (Å²) in [7, 11) is 0. The second-order valence-electron chi connectivity index (χ2n) is 5.72. The van der Waals surface area contributed by atoms with Crippen LogP contribution >= 0.6 is 11.8 Å². The van der Waals surface area contributed by atoms with Gasteiger partial charge >= 0.3 is 5.97 Å². The Balaban J connectivity index is 1.42. The fourth-order valence-corrected chi connectivity index (χ4v) is 3.52. The Morgan fingerprint density at radius 3 is 2.55 bits per heavy atom. The minimum Gasteiger partial charge on any atom is -0.462 e. The third-order valence-electron chi connectivity index (χ3n) is 3.89. The Kier molecular flexibility index (Phi) is 8.43. The van der Waals surface area contributed by atoms with Crippen LogP contribution in [0.3, 0.4) is 0 Å². The molecule has 0 radical (unpaired) electrons. The molecule has 0 atom stereocenters. The summed E-state index contributed by atoms with van der Waals surface area (Å²) >= 11 is 1.97. The molecule has 0 bridgehead atoms. The SMILES string of the molecule is O=C(OCCCSCCCN1CCCCC1)c1ccccc1. The van der Waals surface area contributed by atoms with Gasteiger partial charge in [0.2, 0.25) is 0 Å². The Morgan fingerprint density at radius 2 is 1.77 bits per heavy atom. The van der Waals surface area contributed by atoms with Crippen molar-refractivity contribution in [3.8, 4) is 0 Å². The van der Waals surface area contributed by atoms with Crippen molar-refractivity contribution in [2.75, 3.05) is 37.7 Å². The van der Waals surface area contributed by atoms with E-state index >= 15 is 0 Å². The lowest BCUT2D eigenvalue weighted by Gasteiger charge is -2.26. The van der Waals surface area contributed by atoms with E-state index in [2.05, 4.69) is 4.90 Å². The van der Waals surface area contributed by atoms with Crippen molar-refractivity contribution in [1.29, 1.82) is 0 Å². The second kappa shape index (κ2) is 10.7. The number of carbonyl (C=O) groups is 1. The molecule has 2 rings (SSSR count). The quantitative estimate of drug-likeness (QED) is 0.510. The summed E-state index contributed by atoms with van der Waals surface area (Å²) in [4.78, 5) is 14.3. The maximum absolute atomic E-state index is 11.7. The van der Waals surface area contributed by atoms with Crippen LogP contribution in [-0.4, -0.2) is 48.6 Å². The predicted molar refractivity (Wildman–Crippen MR) is 93.6 cm³/mol. The Morgan fingerprint density at radius 1 is 1.05 bits per heavy atom. The highest BCUT2D eigenvalue weighted by atomic mass is 32.2. The molecule has 4 heteroatoms. The smallest absolute Gasteiger partial charge is 0.338 e. The number of hydrogen-bond donors (Lipinski definition) is 0. The van der Waals surface area contributed by atoms with Crippen LogP contribution in [0.15, 0.2) is 30.3 Å². The van der Waals surface area contributed by atoms with Gasteiger partial charge in [-0.3, -0.25) is 0 Å². The molecule has 0 spiro atoms. The average molecular weight is 321 g/mol. The fourth-order valence-electron chi connectivity index (χ4n) is 2.66. The lowest BCUT2D eigenvalue weighted by molar-refractivity contribution is 0.0506. The monoisotopic (exact) mass is 321 g/mol. The van der Waals surface area contributed by atoms with Crippen molar-refractivity contribution >= 4 is 17.7 Å². The molecule has 1 aromatic carbocycles. The number of thioether (sulfide) groups is 1. The van der Waals surface area contributed by atoms with Gasteiger partial charge in [-0.1, -0.05) is 24.6 Å². The van der Waals surface area contributed by atoms with Gasteiger partial charge in [0.15, 0.2) is 0 Å². The highest BCUT2D eigenvalue weighted by molar-refractivity contribution is 7.99. The van der Waals surface area contributed by atoms with Gasteiger partial charge in [-0.15, -0.1) is 0 Å². The van der Waals surface area contributed by atoms with Crippen molar-refractivity contribution < 1.29 is 9.53 Å². The molecule has 0 saturated carbocycles. The van der Waals surface area contributed by atoms with Gasteiger partial charge in [0.05, 0.1) is 12.2 Å². The number of piperidine rings is 1. The molecule has 0 aromatic heterocycles. The molecular weight excluding hydrogens is 294 g/mol. The minimum atomic E-state index is -0.212. The first-order valence-electron chi connectivity index (χ1n) is 8.38. The molecule has 22 heavy (non-hydrogen) atoms. The van der Waals surface area contributed by atoms with Crippen LogP contribution in [0.25, 0.3) is 0 Å². The second-order valence-corrected chi connectivity index (χ2v) is 6.95. The normalized spacial score (nSPS) is 15.6. The van der Waals surface area contributed by atoms with E-state index in [4.69, 9.17) is 4.74 Å². The first kappa shape index (κ1) is 17.4. The van der Waals surface area contributed by atoms with E-state index in [1.807, 2.05) is 30.0 Å². The number of rotatable bonds is 9. The van der Waals surface area contributed by atoms with Gasteiger partial charge in [0.25, 0.3) is 0 Å². The van der Waals surface area contributed by atoms with Crippen LogP contribution in [0.4, 0.5) is 0 Å². The molecule has 1 aromatic rings. The van der Waals surface area contributed by atoms with E-state index in [1.165, 1.54) is 51.1 Å². The predicted octanol–water partition coefficient (Wildman–Crippen LogP) is 3.84. The number of likely N-dealkylation sites (tertiary alicyclic amines) is 1. The number of hydrogen-bond acceptors (Lipinski definition) is 4. The molecule has 0 amide bonds. The zero-order valence-corrected chi connectivity index (χ0v) is 14.2. The summed E-state index contributed by atoms with van der Waals surface area (Å²) in [5.74, 6) is 2.07. The van der Waals surface area contributed by atoms with E-state index in [1.54, 1.807) is 12.1 Å². The topological polar surface area (TPSA) is 29.5 Å². The van der Waals surface area contributed by atoms with Crippen molar-refractivity contribution in [2.45, 2.75) is 32.1 Å². The van der Waals surface area contributed by atoms with Crippen molar-refractivity contribution in [3.63, 3.8) is 0 Å². The Labute approximate surface area is 138 Å². The zero-order valence-electron chi connectivity index (χ0n) is 13.3. The molecule has 0 unspecified atom stereocenters. The summed E-state index contributed by atoms with van der Waals surface area (Å²) in [6.45, 7) is 4.35. The number of nitrogens with zero attached hydrogens (tertiary/aromatic N) is 1. The van der Waals surface area contributed by atoms with Gasteiger partial charge in [-0.05, 0) is 69.0 Å². The highest BCUT2D eigenvalue weighted by Gasteiger charge is 2.09. The van der Waals surface area contributed by atoms with E-state index in [-0.39, 0.29) is 5.97 Å². The van der Waals surface area contributed by atoms with Gasteiger partial charge < -0.3 is 9.64 Å². The summed E-state index contributed by atoms with van der Waals surface area (Å²) < 4.78 is 5.27. The van der Waals surface area contributed by atoms with E-state index in [0.717, 1.165) is 12.2 Å². The Hall–Kier alpha value is -1.00. The fraction of sp³-hybridized carbons (Fsp3) is 0.611. The molecule has 0 aliphatic carbocycles. The number of carbonyl (C=O) groups excluding carboxylic acids is 1. The average Bonchev–Trinajstić information content (AvgIpc) is 2.59. The minimum absolute atomic E-state index is 0.212. The van der Waals surface area contributed by atoms with Crippen molar-refractivity contribution in [1.82, 2.24) is 4.90 Å². The molecule has 0 N–H and O–H groups in total. The maximum Gasteiger partial charge on any atom is 0.338 e. The van der Waals surface area contributed by atoms with E-state index < -0.39 is 0 Å². The lowest BCUT2D eigenvalue weighted by atomic mass is 10.1. The summed E-state index contributed by atoms with van der Waals surface area (Å²) in [5, 5.41) is 0. The van der Waals surface area contributed by atoms with Gasteiger partial charge in [0.1, 0.15) is 0 Å². The van der Waals surface area contributed by atoms with Crippen LogP contribution in [0.2, 0.25) is 0 Å². The molecule has 1 saturated heterocycles. The van der Waals surface area contributed by atoms with E-state index in [9.17, 15) is 4.79 Å². The molecule has 3 nitrogen and oxygen atoms in total. The van der Waals surface area contributed by atoms with Gasteiger partial charge in [-0.2, -0.15) is 11.8 Å². The Bertz CT molecular complexity index is 418. The number of ether oxygens (including phenoxy) is 1. The van der Waals surface area contributed by atoms with Crippen molar-refractivity contribution in [3.05, 3.63) is 35.9 Å². The lowest BCUT2D eigenvalue weighted by Crippen LogP contribution is -2.30. The van der Waals surface area contributed by atoms with Crippen LogP contribution < -0.4 is 0 Å². The van der Waals surface area contributed by atoms with Gasteiger partial charge in [0, 0.05) is 0 Å². The van der Waals surface area contributed by atoms with Crippen LogP contribution in [0, 0.1) is 0 Å². The van der Waals surface area contributed by atoms with E-state index in [0.29, 0.717) is 12.2 Å². The summed E-state index contributed by atoms with van der Waals surface area (Å²) in [6.07, 6.45) is 6.37. The molecule has 1 fully saturated rings. The first-order chi connectivity index (χ1) is 10.9.